The lowest BCUT2D eigenvalue weighted by molar-refractivity contribution is 0.0949. The minimum absolute atomic E-state index is 0.201. The molecule has 0 radical (unpaired) electrons. The summed E-state index contributed by atoms with van der Waals surface area (Å²) in [5.74, 6) is 0.832. The van der Waals surface area contributed by atoms with Crippen LogP contribution >= 0.6 is 0 Å². The van der Waals surface area contributed by atoms with E-state index in [2.05, 4.69) is 20.5 Å². The van der Waals surface area contributed by atoms with E-state index in [9.17, 15) is 4.79 Å². The SMILES string of the molecule is COc1ccnc(C(=O)N/N=C2\N=C(N)c3ccccc32)c1. The molecule has 7 nitrogen and oxygen atoms in total. The van der Waals surface area contributed by atoms with Gasteiger partial charge in [0.05, 0.1) is 7.11 Å². The van der Waals surface area contributed by atoms with Gasteiger partial charge in [0.1, 0.15) is 17.3 Å². The zero-order valence-electron chi connectivity index (χ0n) is 11.8. The Bertz CT molecular complexity index is 798. The largest absolute Gasteiger partial charge is 0.497 e. The third kappa shape index (κ3) is 2.51. The van der Waals surface area contributed by atoms with E-state index in [0.29, 0.717) is 17.4 Å². The van der Waals surface area contributed by atoms with Crippen LogP contribution in [0.1, 0.15) is 21.6 Å². The summed E-state index contributed by atoms with van der Waals surface area (Å²) in [7, 11) is 1.52. The zero-order chi connectivity index (χ0) is 15.5. The van der Waals surface area contributed by atoms with Crippen molar-refractivity contribution in [2.24, 2.45) is 15.8 Å². The van der Waals surface area contributed by atoms with Crippen LogP contribution < -0.4 is 15.9 Å². The Labute approximate surface area is 126 Å². The molecule has 1 aliphatic heterocycles. The molecule has 1 aliphatic rings. The quantitative estimate of drug-likeness (QED) is 0.821. The van der Waals surface area contributed by atoms with Gasteiger partial charge in [0.15, 0.2) is 5.84 Å². The monoisotopic (exact) mass is 295 g/mol. The smallest absolute Gasteiger partial charge is 0.290 e. The van der Waals surface area contributed by atoms with Crippen LogP contribution in [0.5, 0.6) is 5.75 Å². The highest BCUT2D eigenvalue weighted by atomic mass is 16.5. The van der Waals surface area contributed by atoms with Crippen LogP contribution in [0.15, 0.2) is 52.7 Å². The average Bonchev–Trinajstić information content (AvgIpc) is 2.89. The number of carbonyl (C=O) groups is 1. The molecule has 1 aromatic heterocycles. The number of nitrogens with zero attached hydrogens (tertiary/aromatic N) is 3. The fourth-order valence-corrected chi connectivity index (χ4v) is 2.04. The van der Waals surface area contributed by atoms with Crippen molar-refractivity contribution in [1.29, 1.82) is 0 Å². The lowest BCUT2D eigenvalue weighted by Gasteiger charge is -2.03. The van der Waals surface area contributed by atoms with Crippen molar-refractivity contribution in [3.05, 3.63) is 59.4 Å². The van der Waals surface area contributed by atoms with E-state index >= 15 is 0 Å². The third-order valence-corrected chi connectivity index (χ3v) is 3.13. The van der Waals surface area contributed by atoms with Gasteiger partial charge in [0.25, 0.3) is 5.91 Å². The van der Waals surface area contributed by atoms with Gasteiger partial charge < -0.3 is 10.5 Å². The van der Waals surface area contributed by atoms with E-state index < -0.39 is 5.91 Å². The molecule has 0 saturated heterocycles. The van der Waals surface area contributed by atoms with Crippen LogP contribution in [0, 0.1) is 0 Å². The Morgan fingerprint density at radius 3 is 2.82 bits per heavy atom. The van der Waals surface area contributed by atoms with Crippen molar-refractivity contribution >= 4 is 17.6 Å². The van der Waals surface area contributed by atoms with Gasteiger partial charge in [-0.1, -0.05) is 24.3 Å². The standard InChI is InChI=1S/C15H13N5O2/c1-22-9-6-7-17-12(8-9)15(21)20-19-14-11-5-3-2-4-10(11)13(16)18-14/h2-8H,1H3,(H,20,21)(H2,16,18,19). The lowest BCUT2D eigenvalue weighted by atomic mass is 10.1. The van der Waals surface area contributed by atoms with Crippen molar-refractivity contribution in [1.82, 2.24) is 10.4 Å². The molecular formula is C15H13N5O2. The molecule has 7 heteroatoms. The van der Waals surface area contributed by atoms with Crippen LogP contribution in [-0.4, -0.2) is 29.7 Å². The number of pyridine rings is 1. The maximum absolute atomic E-state index is 12.0. The predicted molar refractivity (Wildman–Crippen MR) is 82.0 cm³/mol. The number of rotatable bonds is 3. The Morgan fingerprint density at radius 2 is 2.05 bits per heavy atom. The summed E-state index contributed by atoms with van der Waals surface area (Å²) in [6.07, 6.45) is 1.49. The van der Waals surface area contributed by atoms with Crippen LogP contribution in [0.4, 0.5) is 0 Å². The van der Waals surface area contributed by atoms with Gasteiger partial charge in [-0.05, 0) is 6.07 Å². The van der Waals surface area contributed by atoms with Gasteiger partial charge in [-0.3, -0.25) is 9.78 Å². The fourth-order valence-electron chi connectivity index (χ4n) is 2.04. The van der Waals surface area contributed by atoms with Crippen LogP contribution in [-0.2, 0) is 0 Å². The number of hydrogen-bond donors (Lipinski definition) is 2. The number of nitrogens with two attached hydrogens (primary N) is 1. The van der Waals surface area contributed by atoms with E-state index in [-0.39, 0.29) is 5.69 Å². The number of hydrogen-bond acceptors (Lipinski definition) is 5. The Kier molecular flexibility index (Phi) is 3.53. The van der Waals surface area contributed by atoms with Crippen molar-refractivity contribution in [3.63, 3.8) is 0 Å². The van der Waals surface area contributed by atoms with Crippen molar-refractivity contribution < 1.29 is 9.53 Å². The van der Waals surface area contributed by atoms with Gasteiger partial charge in [0, 0.05) is 23.4 Å². The molecule has 0 saturated carbocycles. The fraction of sp³-hybridized carbons (Fsp3) is 0.0667. The second-order valence-electron chi connectivity index (χ2n) is 4.50. The number of ether oxygens (including phenoxy) is 1. The summed E-state index contributed by atoms with van der Waals surface area (Å²) < 4.78 is 5.05. The summed E-state index contributed by atoms with van der Waals surface area (Å²) in [5.41, 5.74) is 10.0. The first kappa shape index (κ1) is 13.7. The number of aliphatic imine (C=N–C) groups is 1. The number of methoxy groups -OCH3 is 1. The van der Waals surface area contributed by atoms with Gasteiger partial charge in [-0.2, -0.15) is 5.10 Å². The maximum Gasteiger partial charge on any atom is 0.290 e. The first-order chi connectivity index (χ1) is 10.7. The van der Waals surface area contributed by atoms with Crippen molar-refractivity contribution in [2.75, 3.05) is 7.11 Å². The number of amides is 1. The predicted octanol–water partition coefficient (Wildman–Crippen LogP) is 0.901. The molecule has 0 bridgehead atoms. The molecule has 0 spiro atoms. The molecule has 0 unspecified atom stereocenters. The number of aromatic nitrogens is 1. The van der Waals surface area contributed by atoms with Gasteiger partial charge in [-0.25, -0.2) is 10.4 Å². The second kappa shape index (κ2) is 5.65. The first-order valence-corrected chi connectivity index (χ1v) is 6.51. The van der Waals surface area contributed by atoms with E-state index in [0.717, 1.165) is 11.1 Å². The van der Waals surface area contributed by atoms with Crippen molar-refractivity contribution in [2.45, 2.75) is 0 Å². The summed E-state index contributed by atoms with van der Waals surface area (Å²) >= 11 is 0. The van der Waals surface area contributed by atoms with Gasteiger partial charge in [-0.15, -0.1) is 0 Å². The maximum atomic E-state index is 12.0. The number of nitrogens with one attached hydrogen (secondary N) is 1. The number of fused-ring (bicyclic) bond motifs is 1. The molecule has 0 aliphatic carbocycles. The Hall–Kier alpha value is -3.22. The van der Waals surface area contributed by atoms with Crippen LogP contribution in [0.3, 0.4) is 0 Å². The second-order valence-corrected chi connectivity index (χ2v) is 4.50. The van der Waals surface area contributed by atoms with Crippen LogP contribution in [0.2, 0.25) is 0 Å². The summed E-state index contributed by atoms with van der Waals surface area (Å²) in [4.78, 5) is 20.2. The highest BCUT2D eigenvalue weighted by molar-refractivity contribution is 6.21. The topological polar surface area (TPSA) is 102 Å². The van der Waals surface area contributed by atoms with E-state index in [1.807, 2.05) is 24.3 Å². The number of hydrazone groups is 1. The highest BCUT2D eigenvalue weighted by Gasteiger charge is 2.19. The van der Waals surface area contributed by atoms with E-state index in [1.165, 1.54) is 19.4 Å². The average molecular weight is 295 g/mol. The Morgan fingerprint density at radius 1 is 1.27 bits per heavy atom. The summed E-state index contributed by atoms with van der Waals surface area (Å²) in [6.45, 7) is 0. The molecule has 3 rings (SSSR count). The molecule has 22 heavy (non-hydrogen) atoms. The molecule has 1 amide bonds. The normalized spacial score (nSPS) is 14.4. The Balaban J connectivity index is 1.81. The molecular weight excluding hydrogens is 282 g/mol. The molecule has 0 fully saturated rings. The third-order valence-electron chi connectivity index (χ3n) is 3.13. The molecule has 3 N–H and O–H groups in total. The number of carbonyl (C=O) groups excluding carboxylic acids is 1. The molecule has 2 aromatic rings. The number of amidine groups is 2. The lowest BCUT2D eigenvalue weighted by Crippen LogP contribution is -2.20. The zero-order valence-corrected chi connectivity index (χ0v) is 11.8. The van der Waals surface area contributed by atoms with Crippen molar-refractivity contribution in [3.8, 4) is 5.75 Å². The summed E-state index contributed by atoms with van der Waals surface area (Å²) in [5, 5.41) is 4.02. The first-order valence-electron chi connectivity index (χ1n) is 6.51. The van der Waals surface area contributed by atoms with Gasteiger partial charge in [0.2, 0.25) is 0 Å². The highest BCUT2D eigenvalue weighted by Crippen LogP contribution is 2.17. The molecule has 1 aromatic carbocycles. The van der Waals surface area contributed by atoms with Gasteiger partial charge >= 0.3 is 0 Å². The van der Waals surface area contributed by atoms with Crippen LogP contribution in [0.25, 0.3) is 0 Å². The molecule has 110 valence electrons. The number of benzene rings is 1. The molecule has 2 heterocycles. The van der Waals surface area contributed by atoms with E-state index in [4.69, 9.17) is 10.5 Å². The minimum atomic E-state index is -0.454. The minimum Gasteiger partial charge on any atom is -0.497 e. The summed E-state index contributed by atoms with van der Waals surface area (Å²) in [6, 6.07) is 10.6. The van der Waals surface area contributed by atoms with E-state index in [1.54, 1.807) is 6.07 Å². The molecule has 0 atom stereocenters.